The quantitative estimate of drug-likeness (QED) is 0.423. The van der Waals surface area contributed by atoms with Crippen molar-refractivity contribution in [1.29, 1.82) is 0 Å². The van der Waals surface area contributed by atoms with Gasteiger partial charge in [-0.1, -0.05) is 63.1 Å². The highest BCUT2D eigenvalue weighted by Crippen LogP contribution is 2.36. The lowest BCUT2D eigenvalue weighted by Gasteiger charge is -2.28. The second-order valence-corrected chi connectivity index (χ2v) is 8.21. The highest BCUT2D eigenvalue weighted by atomic mass is 16.5. The van der Waals surface area contributed by atoms with E-state index in [0.717, 1.165) is 43.5 Å². The minimum absolute atomic E-state index is 0.794. The van der Waals surface area contributed by atoms with Crippen molar-refractivity contribution in [3.63, 3.8) is 0 Å². The molecule has 3 rings (SSSR count). The minimum atomic E-state index is 0.794. The van der Waals surface area contributed by atoms with Gasteiger partial charge in [0.15, 0.2) is 0 Å². The Kier molecular flexibility index (Phi) is 7.80. The molecule has 1 aliphatic rings. The van der Waals surface area contributed by atoms with Crippen molar-refractivity contribution in [1.82, 2.24) is 0 Å². The average Bonchev–Trinajstić information content (AvgIpc) is 2.74. The molecule has 0 saturated heterocycles. The van der Waals surface area contributed by atoms with E-state index in [1.807, 2.05) is 0 Å². The largest absolute Gasteiger partial charge is 0.494 e. The molecule has 0 unspecified atom stereocenters. The van der Waals surface area contributed by atoms with Gasteiger partial charge >= 0.3 is 0 Å². The molecule has 1 fully saturated rings. The summed E-state index contributed by atoms with van der Waals surface area (Å²) in [6, 6.07) is 18.1. The van der Waals surface area contributed by atoms with Crippen molar-refractivity contribution in [2.45, 2.75) is 77.6 Å². The van der Waals surface area contributed by atoms with Crippen LogP contribution in [-0.2, 0) is 12.8 Å². The third-order valence-electron chi connectivity index (χ3n) is 6.27. The first-order chi connectivity index (χ1) is 13.3. The lowest BCUT2D eigenvalue weighted by atomic mass is 9.78. The molecule has 1 aliphatic carbocycles. The van der Waals surface area contributed by atoms with E-state index in [1.165, 1.54) is 49.7 Å². The van der Waals surface area contributed by atoms with Crippen LogP contribution in [0.25, 0.3) is 0 Å². The summed E-state index contributed by atoms with van der Waals surface area (Å²) in [5, 5.41) is 0. The first kappa shape index (κ1) is 20.0. The SMILES string of the molecule is CCCCOc1ccc(CCc2ccc([C@H]3CC[C@H](CC)CC3)cc2)cc1. The summed E-state index contributed by atoms with van der Waals surface area (Å²) in [5.74, 6) is 2.76. The number of unbranched alkanes of at least 4 members (excludes halogenated alkanes) is 1. The summed E-state index contributed by atoms with van der Waals surface area (Å²) in [7, 11) is 0. The fourth-order valence-corrected chi connectivity index (χ4v) is 4.24. The number of hydrogen-bond donors (Lipinski definition) is 0. The summed E-state index contributed by atoms with van der Waals surface area (Å²) < 4.78 is 5.75. The zero-order valence-electron chi connectivity index (χ0n) is 17.3. The molecule has 146 valence electrons. The van der Waals surface area contributed by atoms with Crippen molar-refractivity contribution >= 4 is 0 Å². The van der Waals surface area contributed by atoms with Gasteiger partial charge in [-0.05, 0) is 85.6 Å². The third kappa shape index (κ3) is 6.13. The smallest absolute Gasteiger partial charge is 0.119 e. The van der Waals surface area contributed by atoms with E-state index in [1.54, 1.807) is 5.56 Å². The molecule has 0 aliphatic heterocycles. The van der Waals surface area contributed by atoms with Crippen molar-refractivity contribution in [2.24, 2.45) is 5.92 Å². The van der Waals surface area contributed by atoms with Gasteiger partial charge in [0.05, 0.1) is 6.61 Å². The van der Waals surface area contributed by atoms with E-state index in [2.05, 4.69) is 62.4 Å². The first-order valence-electron chi connectivity index (χ1n) is 11.1. The highest BCUT2D eigenvalue weighted by molar-refractivity contribution is 5.30. The van der Waals surface area contributed by atoms with Gasteiger partial charge in [-0.3, -0.25) is 0 Å². The van der Waals surface area contributed by atoms with E-state index < -0.39 is 0 Å². The second-order valence-electron chi connectivity index (χ2n) is 8.21. The molecule has 0 radical (unpaired) electrons. The minimum Gasteiger partial charge on any atom is -0.494 e. The van der Waals surface area contributed by atoms with E-state index in [-0.39, 0.29) is 0 Å². The van der Waals surface area contributed by atoms with Crippen molar-refractivity contribution in [3.05, 3.63) is 65.2 Å². The number of benzene rings is 2. The molecular weight excluding hydrogens is 328 g/mol. The molecule has 1 heteroatoms. The van der Waals surface area contributed by atoms with Gasteiger partial charge in [0.1, 0.15) is 5.75 Å². The molecule has 0 atom stereocenters. The predicted octanol–water partition coefficient (Wildman–Crippen LogP) is 7.33. The summed E-state index contributed by atoms with van der Waals surface area (Å²) >= 11 is 0. The lowest BCUT2D eigenvalue weighted by Crippen LogP contribution is -2.12. The van der Waals surface area contributed by atoms with E-state index >= 15 is 0 Å². The average molecular weight is 365 g/mol. The fourth-order valence-electron chi connectivity index (χ4n) is 4.24. The van der Waals surface area contributed by atoms with Crippen LogP contribution in [0.3, 0.4) is 0 Å². The fraction of sp³-hybridized carbons (Fsp3) is 0.538. The topological polar surface area (TPSA) is 9.23 Å². The molecule has 1 saturated carbocycles. The Morgan fingerprint density at radius 2 is 1.37 bits per heavy atom. The normalized spacial score (nSPS) is 19.8. The molecule has 1 nitrogen and oxygen atoms in total. The number of aryl methyl sites for hydroxylation is 2. The monoisotopic (exact) mass is 364 g/mol. The van der Waals surface area contributed by atoms with E-state index in [9.17, 15) is 0 Å². The number of rotatable bonds is 9. The van der Waals surface area contributed by atoms with Crippen molar-refractivity contribution in [2.75, 3.05) is 6.61 Å². The molecule has 0 spiro atoms. The van der Waals surface area contributed by atoms with Crippen LogP contribution in [0, 0.1) is 5.92 Å². The molecule has 0 amide bonds. The van der Waals surface area contributed by atoms with Crippen LogP contribution in [0.4, 0.5) is 0 Å². The van der Waals surface area contributed by atoms with Crippen molar-refractivity contribution < 1.29 is 4.74 Å². The maximum absolute atomic E-state index is 5.75. The van der Waals surface area contributed by atoms with Gasteiger partial charge < -0.3 is 4.74 Å². The first-order valence-corrected chi connectivity index (χ1v) is 11.1. The molecule has 0 heterocycles. The Balaban J connectivity index is 1.46. The van der Waals surface area contributed by atoms with Gasteiger partial charge in [-0.2, -0.15) is 0 Å². The van der Waals surface area contributed by atoms with Crippen LogP contribution < -0.4 is 4.74 Å². The molecule has 0 bridgehead atoms. The van der Waals surface area contributed by atoms with Gasteiger partial charge in [-0.15, -0.1) is 0 Å². The summed E-state index contributed by atoms with van der Waals surface area (Å²) in [6.07, 6.45) is 11.5. The molecular formula is C26H36O. The van der Waals surface area contributed by atoms with Crippen LogP contribution in [0.2, 0.25) is 0 Å². The summed E-state index contributed by atoms with van der Waals surface area (Å²) in [4.78, 5) is 0. The Bertz CT molecular complexity index is 648. The Labute approximate surface area is 166 Å². The summed E-state index contributed by atoms with van der Waals surface area (Å²) in [6.45, 7) is 5.35. The maximum Gasteiger partial charge on any atom is 0.119 e. The second kappa shape index (κ2) is 10.5. The van der Waals surface area contributed by atoms with Gasteiger partial charge in [0.2, 0.25) is 0 Å². The number of hydrogen-bond acceptors (Lipinski definition) is 1. The molecule has 2 aromatic carbocycles. The van der Waals surface area contributed by atoms with Crippen LogP contribution in [-0.4, -0.2) is 6.61 Å². The van der Waals surface area contributed by atoms with Crippen molar-refractivity contribution in [3.8, 4) is 5.75 Å². The maximum atomic E-state index is 5.75. The third-order valence-corrected chi connectivity index (χ3v) is 6.27. The van der Waals surface area contributed by atoms with Gasteiger partial charge in [-0.25, -0.2) is 0 Å². The number of ether oxygens (including phenoxy) is 1. The molecule has 27 heavy (non-hydrogen) atoms. The molecule has 0 N–H and O–H groups in total. The van der Waals surface area contributed by atoms with Gasteiger partial charge in [0, 0.05) is 0 Å². The molecule has 2 aromatic rings. The summed E-state index contributed by atoms with van der Waals surface area (Å²) in [5.41, 5.74) is 4.39. The molecule has 0 aromatic heterocycles. The van der Waals surface area contributed by atoms with Gasteiger partial charge in [0.25, 0.3) is 0 Å². The standard InChI is InChI=1S/C26H36O/c1-3-5-20-27-26-18-12-23(13-19-26)7-6-22-10-16-25(17-11-22)24-14-8-21(4-2)9-15-24/h10-13,16-19,21,24H,3-9,14-15,20H2,1-2H3/t21-,24-. The lowest BCUT2D eigenvalue weighted by molar-refractivity contribution is 0.309. The van der Waals surface area contributed by atoms with Crippen LogP contribution in [0.15, 0.2) is 48.5 Å². The van der Waals surface area contributed by atoms with E-state index in [0.29, 0.717) is 0 Å². The zero-order chi connectivity index (χ0) is 18.9. The van der Waals surface area contributed by atoms with Crippen LogP contribution >= 0.6 is 0 Å². The predicted molar refractivity (Wildman–Crippen MR) is 116 cm³/mol. The Morgan fingerprint density at radius 3 is 1.93 bits per heavy atom. The Hall–Kier alpha value is -1.76. The zero-order valence-corrected chi connectivity index (χ0v) is 17.3. The Morgan fingerprint density at radius 1 is 0.778 bits per heavy atom. The van der Waals surface area contributed by atoms with Crippen LogP contribution in [0.1, 0.15) is 81.4 Å². The highest BCUT2D eigenvalue weighted by Gasteiger charge is 2.20. The van der Waals surface area contributed by atoms with Crippen LogP contribution in [0.5, 0.6) is 5.75 Å². The van der Waals surface area contributed by atoms with E-state index in [4.69, 9.17) is 4.74 Å².